The van der Waals surface area contributed by atoms with Gasteiger partial charge in [-0.2, -0.15) is 0 Å². The van der Waals surface area contributed by atoms with Gasteiger partial charge in [-0.1, -0.05) is 0 Å². The maximum absolute atomic E-state index is 5.42. The second-order valence-corrected chi connectivity index (χ2v) is 6.83. The molecule has 3 rings (SSSR count). The summed E-state index contributed by atoms with van der Waals surface area (Å²) in [5, 5.41) is 4.43. The summed E-state index contributed by atoms with van der Waals surface area (Å²) in [6.07, 6.45) is 0. The Hall–Kier alpha value is -2.54. The van der Waals surface area contributed by atoms with E-state index in [-0.39, 0.29) is 0 Å². The van der Waals surface area contributed by atoms with Gasteiger partial charge in [0.1, 0.15) is 16.5 Å². The fraction of sp³-hybridized carbons (Fsp3) is 0.333. The number of benzene rings is 1. The van der Waals surface area contributed by atoms with E-state index in [1.54, 1.807) is 32.7 Å². The second kappa shape index (κ2) is 6.76. The normalized spacial score (nSPS) is 10.8. The van der Waals surface area contributed by atoms with Crippen LogP contribution in [-0.2, 0) is 0 Å². The van der Waals surface area contributed by atoms with Gasteiger partial charge in [0.2, 0.25) is 5.75 Å². The number of aryl methyl sites for hydroxylation is 3. The topological polar surface area (TPSA) is 65.5 Å². The van der Waals surface area contributed by atoms with E-state index in [4.69, 9.17) is 14.2 Å². The first-order chi connectivity index (χ1) is 12.0. The molecule has 2 heterocycles. The Kier molecular flexibility index (Phi) is 4.67. The molecule has 0 fully saturated rings. The van der Waals surface area contributed by atoms with Crippen LogP contribution >= 0.6 is 11.3 Å². The molecule has 0 saturated carbocycles. The van der Waals surface area contributed by atoms with Crippen molar-refractivity contribution in [3.05, 3.63) is 28.4 Å². The van der Waals surface area contributed by atoms with Gasteiger partial charge in [-0.15, -0.1) is 11.3 Å². The minimum absolute atomic E-state index is 0.558. The molecule has 0 radical (unpaired) electrons. The predicted molar refractivity (Wildman–Crippen MR) is 101 cm³/mol. The Morgan fingerprint density at radius 1 is 0.920 bits per heavy atom. The van der Waals surface area contributed by atoms with E-state index in [0.717, 1.165) is 27.5 Å². The number of hydrogen-bond donors (Lipinski definition) is 1. The fourth-order valence-corrected chi connectivity index (χ4v) is 3.81. The van der Waals surface area contributed by atoms with E-state index in [2.05, 4.69) is 29.1 Å². The van der Waals surface area contributed by atoms with Crippen molar-refractivity contribution in [1.82, 2.24) is 9.97 Å². The van der Waals surface area contributed by atoms with Crippen LogP contribution in [0.5, 0.6) is 17.2 Å². The lowest BCUT2D eigenvalue weighted by atomic mass is 10.2. The maximum atomic E-state index is 5.42. The molecule has 0 amide bonds. The summed E-state index contributed by atoms with van der Waals surface area (Å²) in [7, 11) is 4.78. The number of aromatic nitrogens is 2. The number of anilines is 2. The molecule has 0 aliphatic carbocycles. The number of ether oxygens (including phenoxy) is 3. The summed E-state index contributed by atoms with van der Waals surface area (Å²) in [5.41, 5.74) is 1.99. The Morgan fingerprint density at radius 3 is 2.12 bits per heavy atom. The van der Waals surface area contributed by atoms with Gasteiger partial charge in [-0.3, -0.25) is 0 Å². The van der Waals surface area contributed by atoms with Gasteiger partial charge in [0.05, 0.1) is 26.7 Å². The van der Waals surface area contributed by atoms with Crippen molar-refractivity contribution in [3.8, 4) is 17.2 Å². The molecule has 0 saturated heterocycles. The van der Waals surface area contributed by atoms with Crippen molar-refractivity contribution >= 4 is 33.1 Å². The Morgan fingerprint density at radius 2 is 1.56 bits per heavy atom. The van der Waals surface area contributed by atoms with Crippen molar-refractivity contribution in [1.29, 1.82) is 0 Å². The lowest BCUT2D eigenvalue weighted by Gasteiger charge is -2.15. The van der Waals surface area contributed by atoms with Crippen LogP contribution in [0.4, 0.5) is 11.5 Å². The highest BCUT2D eigenvalue weighted by molar-refractivity contribution is 7.18. The van der Waals surface area contributed by atoms with Gasteiger partial charge in [0.25, 0.3) is 0 Å². The maximum Gasteiger partial charge on any atom is 0.203 e. The minimum atomic E-state index is 0.558. The van der Waals surface area contributed by atoms with Crippen molar-refractivity contribution in [3.63, 3.8) is 0 Å². The smallest absolute Gasteiger partial charge is 0.203 e. The van der Waals surface area contributed by atoms with Crippen LogP contribution in [-0.4, -0.2) is 31.3 Å². The number of hydrogen-bond acceptors (Lipinski definition) is 7. The van der Waals surface area contributed by atoms with Gasteiger partial charge in [0.15, 0.2) is 11.5 Å². The highest BCUT2D eigenvalue weighted by Gasteiger charge is 2.17. The second-order valence-electron chi connectivity index (χ2n) is 5.62. The van der Waals surface area contributed by atoms with Gasteiger partial charge < -0.3 is 19.5 Å². The molecule has 0 aliphatic heterocycles. The number of nitrogens with one attached hydrogen (secondary N) is 1. The summed E-state index contributed by atoms with van der Waals surface area (Å²) >= 11 is 1.68. The minimum Gasteiger partial charge on any atom is -0.493 e. The molecule has 132 valence electrons. The van der Waals surface area contributed by atoms with Gasteiger partial charge >= 0.3 is 0 Å². The molecule has 3 aromatic rings. The van der Waals surface area contributed by atoms with Crippen LogP contribution in [0.2, 0.25) is 0 Å². The van der Waals surface area contributed by atoms with E-state index in [9.17, 15) is 0 Å². The molecule has 1 aromatic carbocycles. The van der Waals surface area contributed by atoms with Crippen LogP contribution in [0, 0.1) is 20.8 Å². The SMILES string of the molecule is COc1cc(Nc2nc(C)nc3sc(C)c(C)c23)cc(OC)c1OC. The molecule has 25 heavy (non-hydrogen) atoms. The molecule has 6 nitrogen and oxygen atoms in total. The quantitative estimate of drug-likeness (QED) is 0.729. The Balaban J connectivity index is 2.13. The Labute approximate surface area is 150 Å². The number of thiophene rings is 1. The van der Waals surface area contributed by atoms with Crippen molar-refractivity contribution in [2.75, 3.05) is 26.6 Å². The number of methoxy groups -OCH3 is 3. The van der Waals surface area contributed by atoms with Crippen LogP contribution in [0.3, 0.4) is 0 Å². The van der Waals surface area contributed by atoms with Crippen molar-refractivity contribution in [2.24, 2.45) is 0 Å². The number of rotatable bonds is 5. The van der Waals surface area contributed by atoms with Crippen LogP contribution < -0.4 is 19.5 Å². The predicted octanol–water partition coefficient (Wildman–Crippen LogP) is 4.39. The van der Waals surface area contributed by atoms with E-state index in [1.807, 2.05) is 19.1 Å². The van der Waals surface area contributed by atoms with Gasteiger partial charge in [-0.05, 0) is 26.3 Å². The molecule has 0 atom stereocenters. The zero-order valence-corrected chi connectivity index (χ0v) is 16.0. The van der Waals surface area contributed by atoms with Crippen molar-refractivity contribution in [2.45, 2.75) is 20.8 Å². The molecular formula is C18H21N3O3S. The lowest BCUT2D eigenvalue weighted by molar-refractivity contribution is 0.324. The number of fused-ring (bicyclic) bond motifs is 1. The molecule has 0 aliphatic rings. The summed E-state index contributed by atoms with van der Waals surface area (Å²) in [6, 6.07) is 3.72. The van der Waals surface area contributed by atoms with Crippen molar-refractivity contribution < 1.29 is 14.2 Å². The summed E-state index contributed by atoms with van der Waals surface area (Å²) in [5.74, 6) is 3.23. The van der Waals surface area contributed by atoms with Gasteiger partial charge in [-0.25, -0.2) is 9.97 Å². The largest absolute Gasteiger partial charge is 0.493 e. The highest BCUT2D eigenvalue weighted by Crippen LogP contribution is 2.41. The molecule has 2 aromatic heterocycles. The van der Waals surface area contributed by atoms with E-state index in [1.165, 1.54) is 10.4 Å². The average molecular weight is 359 g/mol. The average Bonchev–Trinajstić information content (AvgIpc) is 2.87. The highest BCUT2D eigenvalue weighted by atomic mass is 32.1. The zero-order chi connectivity index (χ0) is 18.1. The summed E-state index contributed by atoms with van der Waals surface area (Å²) in [6.45, 7) is 6.08. The standard InChI is InChI=1S/C18H21N3O3S/c1-9-10(2)25-18-15(9)17(19-11(3)20-18)21-12-7-13(22-4)16(24-6)14(8-12)23-5/h7-8H,1-6H3,(H,19,20,21). The zero-order valence-electron chi connectivity index (χ0n) is 15.2. The third kappa shape index (κ3) is 3.07. The lowest BCUT2D eigenvalue weighted by Crippen LogP contribution is -2.01. The van der Waals surface area contributed by atoms with E-state index < -0.39 is 0 Å². The molecule has 7 heteroatoms. The van der Waals surface area contributed by atoms with Crippen LogP contribution in [0.1, 0.15) is 16.3 Å². The molecule has 0 spiro atoms. The fourth-order valence-electron chi connectivity index (χ4n) is 2.74. The van der Waals surface area contributed by atoms with E-state index >= 15 is 0 Å². The van der Waals surface area contributed by atoms with E-state index in [0.29, 0.717) is 17.2 Å². The summed E-state index contributed by atoms with van der Waals surface area (Å²) < 4.78 is 16.2. The molecular weight excluding hydrogens is 338 g/mol. The third-order valence-corrected chi connectivity index (χ3v) is 5.17. The van der Waals surface area contributed by atoms with Crippen LogP contribution in [0.25, 0.3) is 10.2 Å². The summed E-state index contributed by atoms with van der Waals surface area (Å²) in [4.78, 5) is 11.4. The first-order valence-corrected chi connectivity index (χ1v) is 8.61. The van der Waals surface area contributed by atoms with Crippen LogP contribution in [0.15, 0.2) is 12.1 Å². The first-order valence-electron chi connectivity index (χ1n) is 7.79. The third-order valence-electron chi connectivity index (χ3n) is 4.07. The first kappa shape index (κ1) is 17.3. The molecule has 0 unspecified atom stereocenters. The Bertz CT molecular complexity index is 912. The monoisotopic (exact) mass is 359 g/mol. The molecule has 0 bridgehead atoms. The number of nitrogens with zero attached hydrogens (tertiary/aromatic N) is 2. The molecule has 1 N–H and O–H groups in total. The van der Waals surface area contributed by atoms with Gasteiger partial charge in [0, 0.05) is 22.7 Å².